The average molecular weight is 290 g/mol. The number of halogens is 1. The Labute approximate surface area is 101 Å². The topological polar surface area (TPSA) is 40.5 Å². The van der Waals surface area contributed by atoms with Crippen LogP contribution in [0.5, 0.6) is 0 Å². The van der Waals surface area contributed by atoms with Crippen LogP contribution in [0.1, 0.15) is 18.4 Å². The Morgan fingerprint density at radius 2 is 2.40 bits per heavy atom. The minimum atomic E-state index is -0.740. The van der Waals surface area contributed by atoms with E-state index in [1.54, 1.807) is 11.3 Å². The molecule has 0 aliphatic heterocycles. The Balaban J connectivity index is 1.96. The van der Waals surface area contributed by atoms with Crippen molar-refractivity contribution in [1.29, 1.82) is 0 Å². The van der Waals surface area contributed by atoms with Gasteiger partial charge in [-0.3, -0.25) is 9.69 Å². The van der Waals surface area contributed by atoms with Gasteiger partial charge in [-0.25, -0.2) is 0 Å². The fourth-order valence-electron chi connectivity index (χ4n) is 1.59. The van der Waals surface area contributed by atoms with Crippen LogP contribution >= 0.6 is 27.3 Å². The van der Waals surface area contributed by atoms with Crippen molar-refractivity contribution in [2.45, 2.75) is 25.4 Å². The number of nitrogens with zero attached hydrogens (tertiary/aromatic N) is 1. The lowest BCUT2D eigenvalue weighted by atomic mass is 10.3. The van der Waals surface area contributed by atoms with Gasteiger partial charge in [0.2, 0.25) is 0 Å². The predicted octanol–water partition coefficient (Wildman–Crippen LogP) is 2.56. The fourth-order valence-corrected chi connectivity index (χ4v) is 2.79. The van der Waals surface area contributed by atoms with Gasteiger partial charge in [0.25, 0.3) is 0 Å². The monoisotopic (exact) mass is 289 g/mol. The lowest BCUT2D eigenvalue weighted by Crippen LogP contribution is -2.31. The van der Waals surface area contributed by atoms with Crippen LogP contribution in [-0.4, -0.2) is 28.6 Å². The van der Waals surface area contributed by atoms with E-state index in [0.29, 0.717) is 6.04 Å². The molecular formula is C10H12BrNO2S. The third kappa shape index (κ3) is 3.29. The molecule has 3 nitrogen and oxygen atoms in total. The molecule has 5 heteroatoms. The van der Waals surface area contributed by atoms with E-state index in [2.05, 4.69) is 27.4 Å². The van der Waals surface area contributed by atoms with Crippen molar-refractivity contribution >= 4 is 33.2 Å². The molecule has 1 aromatic rings. The second kappa shape index (κ2) is 4.63. The van der Waals surface area contributed by atoms with Gasteiger partial charge in [0.05, 0.1) is 10.3 Å². The molecule has 1 aromatic heterocycles. The highest BCUT2D eigenvalue weighted by molar-refractivity contribution is 9.11. The summed E-state index contributed by atoms with van der Waals surface area (Å²) in [6.45, 7) is 0.900. The second-order valence-electron chi connectivity index (χ2n) is 3.79. The van der Waals surface area contributed by atoms with Crippen molar-refractivity contribution in [3.8, 4) is 0 Å². The fraction of sp³-hybridized carbons (Fsp3) is 0.500. The molecule has 1 aliphatic carbocycles. The highest BCUT2D eigenvalue weighted by Crippen LogP contribution is 2.29. The van der Waals surface area contributed by atoms with E-state index in [0.717, 1.165) is 23.2 Å². The summed E-state index contributed by atoms with van der Waals surface area (Å²) in [5.41, 5.74) is 1.19. The molecule has 1 N–H and O–H groups in total. The van der Waals surface area contributed by atoms with Gasteiger partial charge in [0.15, 0.2) is 0 Å². The average Bonchev–Trinajstić information content (AvgIpc) is 2.90. The van der Waals surface area contributed by atoms with Gasteiger partial charge in [-0.2, -0.15) is 0 Å². The third-order valence-corrected chi connectivity index (χ3v) is 3.96. The molecular weight excluding hydrogens is 278 g/mol. The van der Waals surface area contributed by atoms with Crippen LogP contribution < -0.4 is 0 Å². The molecule has 0 bridgehead atoms. The van der Waals surface area contributed by atoms with Gasteiger partial charge in [0, 0.05) is 12.6 Å². The number of carboxylic acids is 1. The maximum Gasteiger partial charge on any atom is 0.317 e. The summed E-state index contributed by atoms with van der Waals surface area (Å²) < 4.78 is 1.10. The number of carboxylic acid groups (broad SMARTS) is 1. The van der Waals surface area contributed by atoms with Gasteiger partial charge in [0.1, 0.15) is 0 Å². The minimum absolute atomic E-state index is 0.151. The van der Waals surface area contributed by atoms with Crippen LogP contribution in [-0.2, 0) is 11.3 Å². The maximum absolute atomic E-state index is 10.7. The van der Waals surface area contributed by atoms with E-state index >= 15 is 0 Å². The number of aliphatic carboxylic acids is 1. The van der Waals surface area contributed by atoms with Gasteiger partial charge >= 0.3 is 5.97 Å². The smallest absolute Gasteiger partial charge is 0.317 e. The minimum Gasteiger partial charge on any atom is -0.480 e. The molecule has 2 rings (SSSR count). The van der Waals surface area contributed by atoms with Crippen molar-refractivity contribution in [1.82, 2.24) is 4.90 Å². The summed E-state index contributed by atoms with van der Waals surface area (Å²) in [5.74, 6) is -0.740. The standard InChI is InChI=1S/C10H12BrNO2S/c11-9-3-7(6-15-9)4-12(5-10(13)14)8-1-2-8/h3,6,8H,1-2,4-5H2,(H,13,14). The maximum atomic E-state index is 10.7. The normalized spacial score (nSPS) is 15.9. The summed E-state index contributed by atoms with van der Waals surface area (Å²) in [5, 5.41) is 10.9. The molecule has 1 heterocycles. The first kappa shape index (κ1) is 11.1. The van der Waals surface area contributed by atoms with E-state index in [4.69, 9.17) is 5.11 Å². The van der Waals surface area contributed by atoms with E-state index in [1.807, 2.05) is 4.90 Å². The van der Waals surface area contributed by atoms with Crippen LogP contribution in [0.3, 0.4) is 0 Å². The highest BCUT2D eigenvalue weighted by atomic mass is 79.9. The summed E-state index contributed by atoms with van der Waals surface area (Å²) in [6.07, 6.45) is 2.27. The van der Waals surface area contributed by atoms with Crippen molar-refractivity contribution in [3.63, 3.8) is 0 Å². The SMILES string of the molecule is O=C(O)CN(Cc1csc(Br)c1)C1CC1. The summed E-state index contributed by atoms with van der Waals surface area (Å²) in [7, 11) is 0. The molecule has 1 aliphatic rings. The molecule has 15 heavy (non-hydrogen) atoms. The third-order valence-electron chi connectivity index (χ3n) is 2.41. The Kier molecular flexibility index (Phi) is 3.43. The Hall–Kier alpha value is -0.390. The van der Waals surface area contributed by atoms with Crippen LogP contribution in [0.2, 0.25) is 0 Å². The summed E-state index contributed by atoms with van der Waals surface area (Å²) >= 11 is 5.05. The zero-order chi connectivity index (χ0) is 10.8. The molecule has 0 radical (unpaired) electrons. The second-order valence-corrected chi connectivity index (χ2v) is 6.08. The first-order chi connectivity index (χ1) is 7.15. The molecule has 0 unspecified atom stereocenters. The Bertz CT molecular complexity index is 362. The van der Waals surface area contributed by atoms with Crippen LogP contribution in [0.25, 0.3) is 0 Å². The number of hydrogen-bond acceptors (Lipinski definition) is 3. The molecule has 1 fully saturated rings. The highest BCUT2D eigenvalue weighted by Gasteiger charge is 2.30. The number of carbonyl (C=O) groups is 1. The van der Waals surface area contributed by atoms with Crippen LogP contribution in [0.15, 0.2) is 15.2 Å². The largest absolute Gasteiger partial charge is 0.480 e. The van der Waals surface area contributed by atoms with Gasteiger partial charge in [-0.1, -0.05) is 0 Å². The predicted molar refractivity (Wildman–Crippen MR) is 63.1 cm³/mol. The molecule has 0 amide bonds. The zero-order valence-corrected chi connectivity index (χ0v) is 10.6. The lowest BCUT2D eigenvalue weighted by Gasteiger charge is -2.18. The molecule has 0 atom stereocenters. The quantitative estimate of drug-likeness (QED) is 0.906. The van der Waals surface area contributed by atoms with Gasteiger partial charge < -0.3 is 5.11 Å². The Morgan fingerprint density at radius 3 is 2.87 bits per heavy atom. The molecule has 0 aromatic carbocycles. The first-order valence-corrected chi connectivity index (χ1v) is 6.51. The van der Waals surface area contributed by atoms with Crippen molar-refractivity contribution in [3.05, 3.63) is 20.8 Å². The van der Waals surface area contributed by atoms with E-state index in [-0.39, 0.29) is 6.54 Å². The van der Waals surface area contributed by atoms with Crippen LogP contribution in [0.4, 0.5) is 0 Å². The Morgan fingerprint density at radius 1 is 1.67 bits per heavy atom. The summed E-state index contributed by atoms with van der Waals surface area (Å²) in [4.78, 5) is 12.7. The number of hydrogen-bond donors (Lipinski definition) is 1. The molecule has 82 valence electrons. The first-order valence-electron chi connectivity index (χ1n) is 4.84. The number of thiophene rings is 1. The zero-order valence-electron chi connectivity index (χ0n) is 8.15. The van der Waals surface area contributed by atoms with Gasteiger partial charge in [-0.15, -0.1) is 11.3 Å². The van der Waals surface area contributed by atoms with Crippen molar-refractivity contribution < 1.29 is 9.90 Å². The van der Waals surface area contributed by atoms with Crippen LogP contribution in [0, 0.1) is 0 Å². The molecule has 0 spiro atoms. The summed E-state index contributed by atoms with van der Waals surface area (Å²) in [6, 6.07) is 2.54. The van der Waals surface area contributed by atoms with Crippen molar-refractivity contribution in [2.24, 2.45) is 0 Å². The van der Waals surface area contributed by atoms with Gasteiger partial charge in [-0.05, 0) is 45.8 Å². The molecule has 0 saturated heterocycles. The van der Waals surface area contributed by atoms with E-state index < -0.39 is 5.97 Å². The lowest BCUT2D eigenvalue weighted by molar-refractivity contribution is -0.138. The van der Waals surface area contributed by atoms with E-state index in [9.17, 15) is 4.79 Å². The van der Waals surface area contributed by atoms with E-state index in [1.165, 1.54) is 5.56 Å². The molecule has 1 saturated carbocycles. The van der Waals surface area contributed by atoms with Crippen molar-refractivity contribution in [2.75, 3.05) is 6.54 Å². The number of rotatable bonds is 5.